The van der Waals surface area contributed by atoms with Crippen LogP contribution in [0.4, 0.5) is 18.9 Å². The molecule has 5 rings (SSSR count). The summed E-state index contributed by atoms with van der Waals surface area (Å²) in [6.45, 7) is 4.33. The van der Waals surface area contributed by atoms with Crippen LogP contribution in [0.5, 0.6) is 0 Å². The lowest BCUT2D eigenvalue weighted by molar-refractivity contribution is -0.137. The molecule has 0 unspecified atom stereocenters. The minimum Gasteiger partial charge on any atom is -0.368 e. The maximum atomic E-state index is 13.0. The Morgan fingerprint density at radius 3 is 2.14 bits per heavy atom. The zero-order chi connectivity index (χ0) is 29.7. The second-order valence-electron chi connectivity index (χ2n) is 10.6. The van der Waals surface area contributed by atoms with E-state index in [4.69, 9.17) is 5.26 Å². The van der Waals surface area contributed by atoms with E-state index in [2.05, 4.69) is 21.3 Å². The summed E-state index contributed by atoms with van der Waals surface area (Å²) in [7, 11) is 0. The van der Waals surface area contributed by atoms with Crippen molar-refractivity contribution in [2.75, 3.05) is 44.2 Å². The van der Waals surface area contributed by atoms with Gasteiger partial charge in [0.1, 0.15) is 5.69 Å². The smallest absolute Gasteiger partial charge is 0.368 e. The van der Waals surface area contributed by atoms with Crippen LogP contribution < -0.4 is 10.2 Å². The van der Waals surface area contributed by atoms with Gasteiger partial charge in [0.2, 0.25) is 0 Å². The van der Waals surface area contributed by atoms with Crippen molar-refractivity contribution in [3.8, 4) is 6.07 Å². The summed E-state index contributed by atoms with van der Waals surface area (Å²) in [5.41, 5.74) is 2.42. The fourth-order valence-electron chi connectivity index (χ4n) is 5.30. The second-order valence-corrected chi connectivity index (χ2v) is 10.6. The van der Waals surface area contributed by atoms with E-state index in [1.54, 1.807) is 17.0 Å². The summed E-state index contributed by atoms with van der Waals surface area (Å²) >= 11 is 0. The van der Waals surface area contributed by atoms with Crippen LogP contribution in [0, 0.1) is 11.3 Å². The number of benzene rings is 2. The quantitative estimate of drug-likeness (QED) is 0.470. The van der Waals surface area contributed by atoms with Crippen molar-refractivity contribution in [3.05, 3.63) is 94.8 Å². The molecule has 2 fully saturated rings. The van der Waals surface area contributed by atoms with E-state index in [1.165, 1.54) is 18.3 Å². The standard InChI is InChI=1S/C31H31F3N6O2/c32-31(33,34)25-6-8-27(9-7-25)39-15-17-40(18-16-39)30(42)24-5-10-28(36-20-24)29(41)37-26-11-13-38(14-12-26)21-23-3-1-22(19-35)2-4-23/h1-10,20,26H,11-18,21H2,(H,37,41). The molecule has 0 atom stereocenters. The number of halogens is 3. The molecule has 0 aliphatic carbocycles. The van der Waals surface area contributed by atoms with Gasteiger partial charge in [-0.3, -0.25) is 19.5 Å². The van der Waals surface area contributed by atoms with Gasteiger partial charge in [0.25, 0.3) is 11.8 Å². The summed E-state index contributed by atoms with van der Waals surface area (Å²) in [6, 6.07) is 17.9. The number of alkyl halides is 3. The Morgan fingerprint density at radius 1 is 0.905 bits per heavy atom. The Kier molecular flexibility index (Phi) is 8.73. The normalized spacial score (nSPS) is 16.6. The van der Waals surface area contributed by atoms with Crippen LogP contribution in [-0.2, 0) is 12.7 Å². The summed E-state index contributed by atoms with van der Waals surface area (Å²) in [5.74, 6) is -0.471. The van der Waals surface area contributed by atoms with Gasteiger partial charge in [-0.05, 0) is 66.9 Å². The van der Waals surface area contributed by atoms with E-state index in [0.717, 1.165) is 50.2 Å². The van der Waals surface area contributed by atoms with Crippen molar-refractivity contribution in [2.24, 2.45) is 0 Å². The summed E-state index contributed by atoms with van der Waals surface area (Å²) < 4.78 is 38.5. The molecule has 3 aromatic rings. The highest BCUT2D eigenvalue weighted by molar-refractivity contribution is 5.96. The molecule has 0 saturated carbocycles. The summed E-state index contributed by atoms with van der Waals surface area (Å²) in [4.78, 5) is 36.0. The molecule has 3 heterocycles. The van der Waals surface area contributed by atoms with E-state index >= 15 is 0 Å². The first kappa shape index (κ1) is 29.1. The van der Waals surface area contributed by atoms with Crippen molar-refractivity contribution in [3.63, 3.8) is 0 Å². The molecule has 1 aromatic heterocycles. The molecule has 2 aliphatic rings. The van der Waals surface area contributed by atoms with Gasteiger partial charge in [0, 0.05) is 63.7 Å². The van der Waals surface area contributed by atoms with Gasteiger partial charge >= 0.3 is 6.18 Å². The largest absolute Gasteiger partial charge is 0.416 e. The molecular weight excluding hydrogens is 545 g/mol. The molecule has 2 aromatic carbocycles. The Bertz CT molecular complexity index is 1420. The first-order valence-electron chi connectivity index (χ1n) is 13.9. The second kappa shape index (κ2) is 12.6. The summed E-state index contributed by atoms with van der Waals surface area (Å²) in [6.07, 6.45) is -1.33. The van der Waals surface area contributed by atoms with E-state index in [9.17, 15) is 22.8 Å². The molecule has 42 heavy (non-hydrogen) atoms. The van der Waals surface area contributed by atoms with Crippen LogP contribution in [-0.4, -0.2) is 71.9 Å². The number of likely N-dealkylation sites (tertiary alicyclic amines) is 1. The highest BCUT2D eigenvalue weighted by Gasteiger charge is 2.30. The van der Waals surface area contributed by atoms with Crippen LogP contribution in [0.3, 0.4) is 0 Å². The van der Waals surface area contributed by atoms with Crippen molar-refractivity contribution in [1.82, 2.24) is 20.1 Å². The number of nitriles is 1. The molecule has 11 heteroatoms. The fourth-order valence-corrected chi connectivity index (χ4v) is 5.30. The average molecular weight is 577 g/mol. The lowest BCUT2D eigenvalue weighted by Crippen LogP contribution is -2.48. The van der Waals surface area contributed by atoms with E-state index in [1.807, 2.05) is 29.2 Å². The molecule has 0 bridgehead atoms. The maximum absolute atomic E-state index is 13.0. The van der Waals surface area contributed by atoms with Gasteiger partial charge in [0.05, 0.1) is 22.8 Å². The minimum atomic E-state index is -4.37. The zero-order valence-corrected chi connectivity index (χ0v) is 23.0. The highest BCUT2D eigenvalue weighted by atomic mass is 19.4. The van der Waals surface area contributed by atoms with Crippen molar-refractivity contribution in [2.45, 2.75) is 31.6 Å². The SMILES string of the molecule is N#Cc1ccc(CN2CCC(NC(=O)c3ccc(C(=O)N4CCN(c5ccc(C(F)(F)F)cc5)CC4)cn3)CC2)cc1. The Labute approximate surface area is 242 Å². The predicted octanol–water partition coefficient (Wildman–Crippen LogP) is 4.33. The monoisotopic (exact) mass is 576 g/mol. The fraction of sp³-hybridized carbons (Fsp3) is 0.355. The highest BCUT2D eigenvalue weighted by Crippen LogP contribution is 2.30. The van der Waals surface area contributed by atoms with Crippen LogP contribution >= 0.6 is 0 Å². The van der Waals surface area contributed by atoms with Gasteiger partial charge < -0.3 is 15.1 Å². The van der Waals surface area contributed by atoms with Crippen molar-refractivity contribution in [1.29, 1.82) is 5.26 Å². The first-order valence-corrected chi connectivity index (χ1v) is 13.9. The van der Waals surface area contributed by atoms with E-state index < -0.39 is 11.7 Å². The number of piperazine rings is 1. The molecule has 2 amide bonds. The number of hydrogen-bond donors (Lipinski definition) is 1. The molecule has 8 nitrogen and oxygen atoms in total. The number of hydrogen-bond acceptors (Lipinski definition) is 6. The third-order valence-electron chi connectivity index (χ3n) is 7.78. The van der Waals surface area contributed by atoms with Crippen molar-refractivity contribution >= 4 is 17.5 Å². The topological polar surface area (TPSA) is 92.6 Å². The van der Waals surface area contributed by atoms with Gasteiger partial charge in [-0.2, -0.15) is 18.4 Å². The number of amides is 2. The van der Waals surface area contributed by atoms with E-state index in [0.29, 0.717) is 43.0 Å². The minimum absolute atomic E-state index is 0.0405. The van der Waals surface area contributed by atoms with Crippen molar-refractivity contribution < 1.29 is 22.8 Å². The molecule has 2 saturated heterocycles. The van der Waals surface area contributed by atoms with Crippen LogP contribution in [0.2, 0.25) is 0 Å². The molecular formula is C31H31F3N6O2. The number of aromatic nitrogens is 1. The number of carbonyl (C=O) groups excluding carboxylic acids is 2. The van der Waals surface area contributed by atoms with Crippen LogP contribution in [0.25, 0.3) is 0 Å². The molecule has 0 spiro atoms. The number of anilines is 1. The first-order chi connectivity index (χ1) is 20.2. The molecule has 1 N–H and O–H groups in total. The van der Waals surface area contributed by atoms with Gasteiger partial charge in [-0.25, -0.2) is 0 Å². The average Bonchev–Trinajstić information content (AvgIpc) is 3.02. The lowest BCUT2D eigenvalue weighted by Gasteiger charge is -2.36. The third kappa shape index (κ3) is 7.06. The molecule has 0 radical (unpaired) electrons. The number of nitrogens with one attached hydrogen (secondary N) is 1. The molecule has 2 aliphatic heterocycles. The zero-order valence-electron chi connectivity index (χ0n) is 23.0. The number of pyridine rings is 1. The lowest BCUT2D eigenvalue weighted by atomic mass is 10.0. The van der Waals surface area contributed by atoms with Gasteiger partial charge in [-0.1, -0.05) is 12.1 Å². The summed E-state index contributed by atoms with van der Waals surface area (Å²) in [5, 5.41) is 12.0. The number of carbonyl (C=O) groups is 2. The molecule has 218 valence electrons. The predicted molar refractivity (Wildman–Crippen MR) is 151 cm³/mol. The number of piperidine rings is 1. The number of nitrogens with zero attached hydrogens (tertiary/aromatic N) is 5. The van der Waals surface area contributed by atoms with Crippen LogP contribution in [0.15, 0.2) is 66.9 Å². The Balaban J connectivity index is 1.07. The van der Waals surface area contributed by atoms with Gasteiger partial charge in [-0.15, -0.1) is 0 Å². The maximum Gasteiger partial charge on any atom is 0.416 e. The number of rotatable bonds is 6. The third-order valence-corrected chi connectivity index (χ3v) is 7.78. The Hall–Kier alpha value is -4.43. The van der Waals surface area contributed by atoms with E-state index in [-0.39, 0.29) is 23.6 Å². The van der Waals surface area contributed by atoms with Gasteiger partial charge in [0.15, 0.2) is 0 Å². The van der Waals surface area contributed by atoms with Crippen LogP contribution in [0.1, 0.15) is 50.4 Å². The Morgan fingerprint density at radius 2 is 1.57 bits per heavy atom.